The molecule has 0 saturated carbocycles. The van der Waals surface area contributed by atoms with Gasteiger partial charge in [-0.15, -0.1) is 0 Å². The maximum atomic E-state index is 6.31. The maximum absolute atomic E-state index is 6.31. The van der Waals surface area contributed by atoms with Gasteiger partial charge in [0.05, 0.1) is 21.9 Å². The first-order valence-corrected chi connectivity index (χ1v) is 8.79. The smallest absolute Gasteiger partial charge is 0.119 e. The van der Waals surface area contributed by atoms with Crippen molar-refractivity contribution in [3.63, 3.8) is 0 Å². The van der Waals surface area contributed by atoms with E-state index >= 15 is 0 Å². The summed E-state index contributed by atoms with van der Waals surface area (Å²) in [5.74, 6) is 0.856. The Labute approximate surface area is 138 Å². The van der Waals surface area contributed by atoms with Crippen LogP contribution in [0.25, 0.3) is 0 Å². The van der Waals surface area contributed by atoms with Crippen LogP contribution in [0.15, 0.2) is 84.9 Å². The number of rotatable bonds is 6. The van der Waals surface area contributed by atoms with Gasteiger partial charge >= 0.3 is 0 Å². The van der Waals surface area contributed by atoms with Gasteiger partial charge in [-0.2, -0.15) is 0 Å². The molecule has 0 amide bonds. The molecule has 3 aromatic carbocycles. The molecule has 23 heavy (non-hydrogen) atoms. The second kappa shape index (κ2) is 7.92. The molecule has 0 saturated heterocycles. The fraction of sp³-hybridized carbons (Fsp3) is 0.100. The zero-order chi connectivity index (χ0) is 15.9. The monoisotopic (exact) mass is 322 g/mol. The molecular formula is C20H19O2P. The summed E-state index contributed by atoms with van der Waals surface area (Å²) in [5.41, 5.74) is 1.11. The van der Waals surface area contributed by atoms with Crippen LogP contribution in [0.4, 0.5) is 0 Å². The summed E-state index contributed by atoms with van der Waals surface area (Å²) in [5, 5.41) is 2.44. The van der Waals surface area contributed by atoms with Crippen LogP contribution in [-0.4, -0.2) is 7.11 Å². The molecule has 0 fully saturated rings. The lowest BCUT2D eigenvalue weighted by Crippen LogP contribution is -2.13. The normalized spacial score (nSPS) is 10.7. The Morgan fingerprint density at radius 3 is 1.91 bits per heavy atom. The van der Waals surface area contributed by atoms with E-state index < -0.39 is 8.15 Å². The zero-order valence-corrected chi connectivity index (χ0v) is 13.9. The van der Waals surface area contributed by atoms with Gasteiger partial charge in [-0.3, -0.25) is 0 Å². The van der Waals surface area contributed by atoms with Gasteiger partial charge in [0.1, 0.15) is 5.75 Å². The van der Waals surface area contributed by atoms with Crippen molar-refractivity contribution in [2.24, 2.45) is 0 Å². The minimum atomic E-state index is -0.829. The molecule has 0 atom stereocenters. The second-order valence-corrected chi connectivity index (χ2v) is 6.97. The summed E-state index contributed by atoms with van der Waals surface area (Å²) in [7, 11) is 0.852. The van der Waals surface area contributed by atoms with E-state index in [9.17, 15) is 0 Å². The summed E-state index contributed by atoms with van der Waals surface area (Å²) < 4.78 is 11.6. The molecule has 0 heterocycles. The summed E-state index contributed by atoms with van der Waals surface area (Å²) in [4.78, 5) is 0. The molecule has 0 bridgehead atoms. The van der Waals surface area contributed by atoms with E-state index in [4.69, 9.17) is 9.26 Å². The van der Waals surface area contributed by atoms with Crippen LogP contribution in [0.3, 0.4) is 0 Å². The molecule has 0 aliphatic heterocycles. The van der Waals surface area contributed by atoms with Gasteiger partial charge < -0.3 is 9.26 Å². The topological polar surface area (TPSA) is 18.5 Å². The molecule has 3 aromatic rings. The van der Waals surface area contributed by atoms with Crippen LogP contribution < -0.4 is 15.3 Å². The Hall–Kier alpha value is -2.15. The summed E-state index contributed by atoms with van der Waals surface area (Å²) in [6.07, 6.45) is 0. The Balaban J connectivity index is 1.82. The summed E-state index contributed by atoms with van der Waals surface area (Å²) in [6.45, 7) is 0.562. The highest BCUT2D eigenvalue weighted by atomic mass is 31.1. The highest BCUT2D eigenvalue weighted by Gasteiger charge is 2.14. The van der Waals surface area contributed by atoms with Crippen LogP contribution in [0.5, 0.6) is 5.75 Å². The highest BCUT2D eigenvalue weighted by molar-refractivity contribution is 7.68. The lowest BCUT2D eigenvalue weighted by Gasteiger charge is -2.18. The third kappa shape index (κ3) is 4.19. The molecule has 0 radical (unpaired) electrons. The van der Waals surface area contributed by atoms with Gasteiger partial charge in [0, 0.05) is 10.6 Å². The molecule has 3 heteroatoms. The number of hydrogen-bond acceptors (Lipinski definition) is 2. The van der Waals surface area contributed by atoms with E-state index in [-0.39, 0.29) is 0 Å². The average molecular weight is 322 g/mol. The third-order valence-electron chi connectivity index (χ3n) is 3.48. The Morgan fingerprint density at radius 2 is 1.35 bits per heavy atom. The van der Waals surface area contributed by atoms with Crippen molar-refractivity contribution in [2.75, 3.05) is 7.11 Å². The highest BCUT2D eigenvalue weighted by Crippen LogP contribution is 2.36. The minimum absolute atomic E-state index is 0.562. The number of hydrogen-bond donors (Lipinski definition) is 0. The van der Waals surface area contributed by atoms with Crippen molar-refractivity contribution in [1.29, 1.82) is 0 Å². The first kappa shape index (κ1) is 15.7. The minimum Gasteiger partial charge on any atom is -0.497 e. The molecule has 0 unspecified atom stereocenters. The Bertz CT molecular complexity index is 689. The maximum Gasteiger partial charge on any atom is 0.119 e. The molecule has 0 N–H and O–H groups in total. The first-order valence-electron chi connectivity index (χ1n) is 7.53. The van der Waals surface area contributed by atoms with E-state index in [0.717, 1.165) is 11.3 Å². The Kier molecular flexibility index (Phi) is 5.42. The molecule has 0 spiro atoms. The largest absolute Gasteiger partial charge is 0.497 e. The van der Waals surface area contributed by atoms with Crippen molar-refractivity contribution >= 4 is 18.8 Å². The van der Waals surface area contributed by atoms with E-state index in [2.05, 4.69) is 54.6 Å². The second-order valence-electron chi connectivity index (χ2n) is 5.09. The van der Waals surface area contributed by atoms with Crippen LogP contribution in [-0.2, 0) is 11.1 Å². The average Bonchev–Trinajstić information content (AvgIpc) is 2.64. The van der Waals surface area contributed by atoms with Crippen molar-refractivity contribution < 1.29 is 9.26 Å². The van der Waals surface area contributed by atoms with Gasteiger partial charge in [0.2, 0.25) is 0 Å². The van der Waals surface area contributed by atoms with Crippen LogP contribution in [0.2, 0.25) is 0 Å². The first-order chi connectivity index (χ1) is 11.4. The van der Waals surface area contributed by atoms with Gasteiger partial charge in [0.15, 0.2) is 0 Å². The molecule has 3 rings (SSSR count). The quantitative estimate of drug-likeness (QED) is 0.631. The predicted molar refractivity (Wildman–Crippen MR) is 96.9 cm³/mol. The molecule has 0 aliphatic rings. The van der Waals surface area contributed by atoms with Gasteiger partial charge in [-0.1, -0.05) is 72.8 Å². The van der Waals surface area contributed by atoms with Crippen molar-refractivity contribution in [3.05, 3.63) is 90.5 Å². The lowest BCUT2D eigenvalue weighted by atomic mass is 10.2. The van der Waals surface area contributed by atoms with E-state index in [1.165, 1.54) is 10.6 Å². The van der Waals surface area contributed by atoms with E-state index in [1.807, 2.05) is 30.3 Å². The van der Waals surface area contributed by atoms with Crippen molar-refractivity contribution in [1.82, 2.24) is 0 Å². The fourth-order valence-corrected chi connectivity index (χ4v) is 4.09. The van der Waals surface area contributed by atoms with Crippen molar-refractivity contribution in [2.45, 2.75) is 6.61 Å². The molecular weight excluding hydrogens is 303 g/mol. The lowest BCUT2D eigenvalue weighted by molar-refractivity contribution is 0.348. The molecule has 116 valence electrons. The fourth-order valence-electron chi connectivity index (χ4n) is 2.33. The SMILES string of the molecule is COc1cccc(COP(c2ccccc2)c2ccccc2)c1. The number of methoxy groups -OCH3 is 1. The van der Waals surface area contributed by atoms with Gasteiger partial charge in [-0.25, -0.2) is 0 Å². The molecule has 0 aliphatic carbocycles. The number of ether oxygens (including phenoxy) is 1. The number of benzene rings is 3. The summed E-state index contributed by atoms with van der Waals surface area (Å²) in [6, 6.07) is 28.8. The predicted octanol–water partition coefficient (Wildman–Crippen LogP) is 4.26. The third-order valence-corrected chi connectivity index (χ3v) is 5.40. The van der Waals surface area contributed by atoms with E-state index in [1.54, 1.807) is 7.11 Å². The van der Waals surface area contributed by atoms with Crippen LogP contribution >= 0.6 is 8.15 Å². The van der Waals surface area contributed by atoms with Gasteiger partial charge in [0.25, 0.3) is 0 Å². The van der Waals surface area contributed by atoms with Crippen molar-refractivity contribution in [3.8, 4) is 5.75 Å². The standard InChI is InChI=1S/C20H19O2P/c1-21-18-10-8-9-17(15-18)16-22-23(19-11-4-2-5-12-19)20-13-6-3-7-14-20/h2-15H,16H2,1H3. The summed E-state index contributed by atoms with van der Waals surface area (Å²) >= 11 is 0. The van der Waals surface area contributed by atoms with Crippen LogP contribution in [0.1, 0.15) is 5.56 Å². The zero-order valence-electron chi connectivity index (χ0n) is 13.1. The van der Waals surface area contributed by atoms with E-state index in [0.29, 0.717) is 6.61 Å². The van der Waals surface area contributed by atoms with Gasteiger partial charge in [-0.05, 0) is 17.7 Å². The molecule has 2 nitrogen and oxygen atoms in total. The molecule has 0 aromatic heterocycles. The van der Waals surface area contributed by atoms with Crippen LogP contribution in [0, 0.1) is 0 Å². The Morgan fingerprint density at radius 1 is 0.739 bits per heavy atom.